The minimum atomic E-state index is -1.49. The van der Waals surface area contributed by atoms with Crippen molar-refractivity contribution in [1.29, 1.82) is 0 Å². The number of amides is 1. The molecule has 2 aliphatic heterocycles. The molecule has 1 aromatic rings. The molecule has 1 amide bonds. The fraction of sp³-hybridized carbons (Fsp3) is 0.471. The Morgan fingerprint density at radius 2 is 1.79 bits per heavy atom. The van der Waals surface area contributed by atoms with Crippen molar-refractivity contribution in [2.24, 2.45) is 5.10 Å². The second-order valence-electron chi connectivity index (χ2n) is 6.47. The largest absolute Gasteiger partial charge is 0.331 e. The van der Waals surface area contributed by atoms with E-state index in [0.29, 0.717) is 5.78 Å². The Bertz CT molecular complexity index is 822. The number of nitro groups is 2. The van der Waals surface area contributed by atoms with E-state index in [1.165, 1.54) is 31.2 Å². The van der Waals surface area contributed by atoms with E-state index in [2.05, 4.69) is 16.9 Å². The number of ketones is 1. The van der Waals surface area contributed by atoms with Crippen LogP contribution in [0.5, 0.6) is 0 Å². The average Bonchev–Trinajstić information content (AvgIpc) is 3.13. The van der Waals surface area contributed by atoms with Gasteiger partial charge in [0.2, 0.25) is 0 Å². The third kappa shape index (κ3) is 4.36. The molecule has 3 rings (SSSR count). The molecule has 11 heteroatoms. The number of carbonyl (C=O) groups excluding carboxylic acids is 2. The van der Waals surface area contributed by atoms with Gasteiger partial charge in [0.25, 0.3) is 5.69 Å². The van der Waals surface area contributed by atoms with E-state index in [1.54, 1.807) is 0 Å². The molecule has 2 unspecified atom stereocenters. The van der Waals surface area contributed by atoms with E-state index in [1.807, 2.05) is 7.05 Å². The average molecular weight is 391 g/mol. The van der Waals surface area contributed by atoms with Gasteiger partial charge in [0.1, 0.15) is 5.71 Å². The summed E-state index contributed by atoms with van der Waals surface area (Å²) in [6.07, 6.45) is 1.73. The Hall–Kier alpha value is -3.21. The Kier molecular flexibility index (Phi) is 6.52. The summed E-state index contributed by atoms with van der Waals surface area (Å²) in [5, 5.41) is 25.9. The zero-order chi connectivity index (χ0) is 21.0. The number of Topliss-reactive ketones (excluding diaryl/α,β-unsaturated/α-hetero) is 1. The van der Waals surface area contributed by atoms with Gasteiger partial charge in [-0.15, -0.1) is 0 Å². The van der Waals surface area contributed by atoms with E-state index >= 15 is 0 Å². The Morgan fingerprint density at radius 3 is 2.14 bits per heavy atom. The highest BCUT2D eigenvalue weighted by Gasteiger charge is 2.43. The fourth-order valence-corrected chi connectivity index (χ4v) is 3.09. The maximum Gasteiger partial charge on any atom is 0.331 e. The summed E-state index contributed by atoms with van der Waals surface area (Å²) in [4.78, 5) is 44.8. The maximum absolute atomic E-state index is 11.8. The molecule has 0 bridgehead atoms. The first kappa shape index (κ1) is 21.1. The van der Waals surface area contributed by atoms with Gasteiger partial charge in [-0.1, -0.05) is 6.92 Å². The molecule has 0 radical (unpaired) electrons. The summed E-state index contributed by atoms with van der Waals surface area (Å²) in [6, 6.07) is 3.77. The molecule has 0 N–H and O–H groups in total. The van der Waals surface area contributed by atoms with Crippen molar-refractivity contribution in [2.75, 3.05) is 18.6 Å². The van der Waals surface area contributed by atoms with Gasteiger partial charge in [-0.25, -0.2) is 0 Å². The summed E-state index contributed by atoms with van der Waals surface area (Å²) < 4.78 is 0. The molecule has 0 saturated carbocycles. The van der Waals surface area contributed by atoms with Crippen LogP contribution in [-0.2, 0) is 9.59 Å². The number of non-ortho nitro benzene ring substituents is 1. The summed E-state index contributed by atoms with van der Waals surface area (Å²) in [5.41, 5.74) is 0.189. The molecule has 2 heterocycles. The SMILES string of the molecule is CC1=NN(c2ccc([N+](=O)[O-])cc2)C(=O)C1[N+](=O)[O-].CCC1C(=O)CCN1C. The normalized spacial score (nSPS) is 22.0. The van der Waals surface area contributed by atoms with Gasteiger partial charge in [0, 0.05) is 30.0 Å². The van der Waals surface area contributed by atoms with E-state index in [0.717, 1.165) is 24.4 Å². The van der Waals surface area contributed by atoms with Crippen molar-refractivity contribution in [1.82, 2.24) is 4.90 Å². The maximum atomic E-state index is 11.8. The molecule has 0 aliphatic carbocycles. The van der Waals surface area contributed by atoms with Crippen molar-refractivity contribution >= 4 is 28.8 Å². The van der Waals surface area contributed by atoms with Crippen LogP contribution < -0.4 is 5.01 Å². The van der Waals surface area contributed by atoms with Gasteiger partial charge in [0.15, 0.2) is 5.78 Å². The van der Waals surface area contributed by atoms with Crippen LogP contribution in [0.1, 0.15) is 26.7 Å². The predicted molar refractivity (Wildman–Crippen MR) is 101 cm³/mol. The zero-order valence-electron chi connectivity index (χ0n) is 15.8. The van der Waals surface area contributed by atoms with Crippen molar-refractivity contribution in [3.8, 4) is 0 Å². The van der Waals surface area contributed by atoms with Crippen LogP contribution in [0.15, 0.2) is 29.4 Å². The Morgan fingerprint density at radius 1 is 1.18 bits per heavy atom. The van der Waals surface area contributed by atoms with Crippen molar-refractivity contribution in [3.05, 3.63) is 44.5 Å². The number of benzene rings is 1. The first-order valence-electron chi connectivity index (χ1n) is 8.67. The molecular formula is C17H21N5O6. The molecular weight excluding hydrogens is 370 g/mol. The molecule has 0 spiro atoms. The predicted octanol–water partition coefficient (Wildman–Crippen LogP) is 1.63. The first-order chi connectivity index (χ1) is 13.2. The molecule has 11 nitrogen and oxygen atoms in total. The molecule has 1 fully saturated rings. The Balaban J connectivity index is 0.000000261. The van der Waals surface area contributed by atoms with Gasteiger partial charge >= 0.3 is 11.9 Å². The van der Waals surface area contributed by atoms with Gasteiger partial charge in [-0.3, -0.25) is 34.7 Å². The summed E-state index contributed by atoms with van der Waals surface area (Å²) in [6.45, 7) is 4.40. The molecule has 2 aliphatic rings. The van der Waals surface area contributed by atoms with Crippen LogP contribution in [0.25, 0.3) is 0 Å². The highest BCUT2D eigenvalue weighted by molar-refractivity contribution is 6.16. The number of nitro benzene ring substituents is 1. The number of rotatable bonds is 4. The van der Waals surface area contributed by atoms with Crippen molar-refractivity contribution in [2.45, 2.75) is 38.8 Å². The van der Waals surface area contributed by atoms with E-state index in [-0.39, 0.29) is 23.1 Å². The van der Waals surface area contributed by atoms with Crippen LogP contribution in [0.4, 0.5) is 11.4 Å². The molecule has 0 aromatic heterocycles. The summed E-state index contributed by atoms with van der Waals surface area (Å²) in [7, 11) is 2.01. The standard InChI is InChI=1S/C10H8N4O5.C7H13NO/c1-6-9(14(18)19)10(15)12(11-6)7-2-4-8(5-3-7)13(16)17;1-3-6-7(9)4-5-8(6)2/h2-5,9H,1H3;6H,3-5H2,1-2H3. The highest BCUT2D eigenvalue weighted by atomic mass is 16.6. The van der Waals surface area contributed by atoms with E-state index in [4.69, 9.17) is 0 Å². The molecule has 28 heavy (non-hydrogen) atoms. The lowest BCUT2D eigenvalue weighted by molar-refractivity contribution is -0.488. The Labute approximate surface area is 160 Å². The van der Waals surface area contributed by atoms with Crippen LogP contribution >= 0.6 is 0 Å². The van der Waals surface area contributed by atoms with Gasteiger partial charge < -0.3 is 0 Å². The minimum absolute atomic E-state index is 0.0772. The van der Waals surface area contributed by atoms with Gasteiger partial charge in [-0.05, 0) is 32.5 Å². The van der Waals surface area contributed by atoms with Crippen LogP contribution in [0.2, 0.25) is 0 Å². The second-order valence-corrected chi connectivity index (χ2v) is 6.47. The third-order valence-electron chi connectivity index (χ3n) is 4.61. The first-order valence-corrected chi connectivity index (χ1v) is 8.67. The molecule has 150 valence electrons. The number of hydrazone groups is 1. The van der Waals surface area contributed by atoms with Crippen molar-refractivity contribution < 1.29 is 19.4 Å². The molecule has 1 saturated heterocycles. The van der Waals surface area contributed by atoms with Gasteiger partial charge in [-0.2, -0.15) is 10.1 Å². The second kappa shape index (κ2) is 8.65. The number of nitrogens with zero attached hydrogens (tertiary/aromatic N) is 5. The van der Waals surface area contributed by atoms with Crippen LogP contribution in [0.3, 0.4) is 0 Å². The number of anilines is 1. The lowest BCUT2D eigenvalue weighted by atomic mass is 10.1. The zero-order valence-corrected chi connectivity index (χ0v) is 15.8. The topological polar surface area (TPSA) is 139 Å². The summed E-state index contributed by atoms with van der Waals surface area (Å²) in [5.74, 6) is -0.364. The minimum Gasteiger partial charge on any atom is -0.298 e. The smallest absolute Gasteiger partial charge is 0.298 e. The number of likely N-dealkylation sites (tertiary alicyclic amines) is 1. The quantitative estimate of drug-likeness (QED) is 0.561. The highest BCUT2D eigenvalue weighted by Crippen LogP contribution is 2.24. The van der Waals surface area contributed by atoms with Crippen LogP contribution in [-0.4, -0.2) is 57.8 Å². The van der Waals surface area contributed by atoms with Gasteiger partial charge in [0.05, 0.1) is 16.7 Å². The third-order valence-corrected chi connectivity index (χ3v) is 4.61. The number of hydrogen-bond acceptors (Lipinski definition) is 8. The molecule has 2 atom stereocenters. The van der Waals surface area contributed by atoms with Crippen molar-refractivity contribution in [3.63, 3.8) is 0 Å². The summed E-state index contributed by atoms with van der Waals surface area (Å²) >= 11 is 0. The monoisotopic (exact) mass is 391 g/mol. The lowest BCUT2D eigenvalue weighted by Gasteiger charge is -2.14. The fourth-order valence-electron chi connectivity index (χ4n) is 3.09. The van der Waals surface area contributed by atoms with E-state index in [9.17, 15) is 29.8 Å². The lowest BCUT2D eigenvalue weighted by Crippen LogP contribution is -2.37. The van der Waals surface area contributed by atoms with E-state index < -0.39 is 21.8 Å². The van der Waals surface area contributed by atoms with Crippen LogP contribution in [0, 0.1) is 20.2 Å². The molecule has 1 aromatic carbocycles. The number of likely N-dealkylation sites (N-methyl/N-ethyl adjacent to an activating group) is 1. The number of hydrogen-bond donors (Lipinski definition) is 0. The number of carbonyl (C=O) groups is 2.